The van der Waals surface area contributed by atoms with Gasteiger partial charge in [0, 0.05) is 24.8 Å². The molecule has 2 aromatic rings. The fourth-order valence-electron chi connectivity index (χ4n) is 4.62. The van der Waals surface area contributed by atoms with E-state index in [4.69, 9.17) is 15.2 Å². The number of nitrogens with two attached hydrogens (primary N) is 1. The Morgan fingerprint density at radius 3 is 2.34 bits per heavy atom. The highest BCUT2D eigenvalue weighted by atomic mass is 16.5. The number of ether oxygens (including phenoxy) is 2. The minimum absolute atomic E-state index is 0.0262. The third kappa shape index (κ3) is 3.89. The van der Waals surface area contributed by atoms with Crippen LogP contribution in [0.15, 0.2) is 71.2 Å². The van der Waals surface area contributed by atoms with Gasteiger partial charge in [-0.15, -0.1) is 0 Å². The van der Waals surface area contributed by atoms with E-state index < -0.39 is 17.9 Å². The quantitative estimate of drug-likeness (QED) is 0.673. The third-order valence-corrected chi connectivity index (χ3v) is 6.21. The molecule has 0 fully saturated rings. The Kier molecular flexibility index (Phi) is 6.30. The molecule has 35 heavy (non-hydrogen) atoms. The standard InChI is InChI=1S/C26H24N4O5/c1-15(31)29-12-11-16-9-10-18(13-20(16)29)30-23(26(33)35-3)22(25(32)34-2)21(19(14-27)24(30)28)17-7-5-4-6-8-17/h4-10,13,21H,11-12,28H2,1-3H3. The molecule has 0 bridgehead atoms. The molecule has 2 heterocycles. The largest absolute Gasteiger partial charge is 0.466 e. The highest BCUT2D eigenvalue weighted by Crippen LogP contribution is 2.44. The molecule has 0 radical (unpaired) electrons. The second-order valence-corrected chi connectivity index (χ2v) is 8.07. The van der Waals surface area contributed by atoms with E-state index in [-0.39, 0.29) is 28.6 Å². The maximum atomic E-state index is 13.1. The molecule has 1 atom stereocenters. The highest BCUT2D eigenvalue weighted by molar-refractivity contribution is 6.06. The van der Waals surface area contributed by atoms with Gasteiger partial charge in [-0.05, 0) is 29.7 Å². The van der Waals surface area contributed by atoms with Gasteiger partial charge in [0.15, 0.2) is 0 Å². The van der Waals surface area contributed by atoms with Gasteiger partial charge in [-0.2, -0.15) is 5.26 Å². The number of methoxy groups -OCH3 is 2. The fraction of sp³-hybridized carbons (Fsp3) is 0.231. The Morgan fingerprint density at radius 2 is 1.74 bits per heavy atom. The van der Waals surface area contributed by atoms with E-state index in [9.17, 15) is 19.6 Å². The lowest BCUT2D eigenvalue weighted by Gasteiger charge is -2.36. The van der Waals surface area contributed by atoms with Crippen molar-refractivity contribution < 1.29 is 23.9 Å². The SMILES string of the molecule is COC(=O)C1=C(C(=O)OC)N(c2ccc3c(c2)N(C(C)=O)CC3)C(N)=C(C#N)C1c1ccccc1. The number of allylic oxidation sites excluding steroid dienone is 1. The maximum Gasteiger partial charge on any atom is 0.355 e. The number of carbonyl (C=O) groups is 3. The second kappa shape index (κ2) is 9.35. The van der Waals surface area contributed by atoms with E-state index in [0.29, 0.717) is 29.9 Å². The number of nitrogens with zero attached hydrogens (tertiary/aromatic N) is 3. The molecule has 9 nitrogen and oxygen atoms in total. The Morgan fingerprint density at radius 1 is 1.06 bits per heavy atom. The normalized spacial score (nSPS) is 17.1. The van der Waals surface area contributed by atoms with Crippen molar-refractivity contribution in [2.45, 2.75) is 19.3 Å². The Balaban J connectivity index is 2.02. The van der Waals surface area contributed by atoms with Crippen LogP contribution in [-0.4, -0.2) is 38.6 Å². The predicted molar refractivity (Wildman–Crippen MR) is 128 cm³/mol. The lowest BCUT2D eigenvalue weighted by molar-refractivity contribution is -0.139. The first-order valence-electron chi connectivity index (χ1n) is 10.9. The summed E-state index contributed by atoms with van der Waals surface area (Å²) in [6.07, 6.45) is 0.688. The minimum atomic E-state index is -0.942. The second-order valence-electron chi connectivity index (χ2n) is 8.07. The third-order valence-electron chi connectivity index (χ3n) is 6.21. The number of benzene rings is 2. The fourth-order valence-corrected chi connectivity index (χ4v) is 4.62. The predicted octanol–water partition coefficient (Wildman–Crippen LogP) is 2.49. The number of carbonyl (C=O) groups excluding carboxylic acids is 3. The van der Waals surface area contributed by atoms with Crippen LogP contribution in [0.1, 0.15) is 24.0 Å². The van der Waals surface area contributed by atoms with Gasteiger partial charge in [-0.3, -0.25) is 9.69 Å². The summed E-state index contributed by atoms with van der Waals surface area (Å²) < 4.78 is 10.1. The van der Waals surface area contributed by atoms with E-state index in [1.54, 1.807) is 47.4 Å². The Hall–Kier alpha value is -4.58. The van der Waals surface area contributed by atoms with Crippen LogP contribution in [0.5, 0.6) is 0 Å². The summed E-state index contributed by atoms with van der Waals surface area (Å²) >= 11 is 0. The molecule has 0 aliphatic carbocycles. The molecular formula is C26H24N4O5. The zero-order valence-electron chi connectivity index (χ0n) is 19.6. The molecule has 1 amide bonds. The van der Waals surface area contributed by atoms with Crippen molar-refractivity contribution in [1.29, 1.82) is 5.26 Å². The first-order chi connectivity index (χ1) is 16.8. The number of anilines is 2. The summed E-state index contributed by atoms with van der Waals surface area (Å²) in [5.74, 6) is -2.71. The van der Waals surface area contributed by atoms with Gasteiger partial charge in [0.1, 0.15) is 11.5 Å². The van der Waals surface area contributed by atoms with Crippen LogP contribution in [0.25, 0.3) is 0 Å². The van der Waals surface area contributed by atoms with Crippen molar-refractivity contribution in [3.63, 3.8) is 0 Å². The first-order valence-corrected chi connectivity index (χ1v) is 10.9. The summed E-state index contributed by atoms with van der Waals surface area (Å²) in [4.78, 5) is 41.4. The highest BCUT2D eigenvalue weighted by Gasteiger charge is 2.43. The van der Waals surface area contributed by atoms with E-state index in [1.807, 2.05) is 6.07 Å². The lowest BCUT2D eigenvalue weighted by atomic mass is 9.81. The molecule has 9 heteroatoms. The number of hydrogen-bond acceptors (Lipinski definition) is 8. The summed E-state index contributed by atoms with van der Waals surface area (Å²) in [7, 11) is 2.39. The van der Waals surface area contributed by atoms with E-state index in [2.05, 4.69) is 6.07 Å². The molecular weight excluding hydrogens is 448 g/mol. The summed E-state index contributed by atoms with van der Waals surface area (Å²) in [6, 6.07) is 16.2. The van der Waals surface area contributed by atoms with Gasteiger partial charge >= 0.3 is 11.9 Å². The van der Waals surface area contributed by atoms with Gasteiger partial charge in [0.05, 0.1) is 37.4 Å². The minimum Gasteiger partial charge on any atom is -0.466 e. The number of fused-ring (bicyclic) bond motifs is 1. The molecule has 2 aliphatic rings. The van der Waals surface area contributed by atoms with Crippen molar-refractivity contribution in [3.8, 4) is 6.07 Å². The van der Waals surface area contributed by atoms with Crippen LogP contribution < -0.4 is 15.5 Å². The molecule has 0 saturated carbocycles. The molecule has 2 aromatic carbocycles. The van der Waals surface area contributed by atoms with Crippen molar-refractivity contribution >= 4 is 29.2 Å². The molecule has 178 valence electrons. The van der Waals surface area contributed by atoms with Crippen LogP contribution in [0, 0.1) is 11.3 Å². The van der Waals surface area contributed by atoms with Gasteiger partial charge < -0.3 is 20.1 Å². The smallest absolute Gasteiger partial charge is 0.355 e. The van der Waals surface area contributed by atoms with Crippen molar-refractivity contribution in [1.82, 2.24) is 0 Å². The van der Waals surface area contributed by atoms with Crippen molar-refractivity contribution in [2.75, 3.05) is 30.6 Å². The molecule has 2 aliphatic heterocycles. The number of hydrogen-bond donors (Lipinski definition) is 1. The molecule has 4 rings (SSSR count). The molecule has 0 aromatic heterocycles. The number of nitriles is 1. The summed E-state index contributed by atoms with van der Waals surface area (Å²) in [6.45, 7) is 2.01. The number of amides is 1. The van der Waals surface area contributed by atoms with Gasteiger partial charge in [0.2, 0.25) is 5.91 Å². The van der Waals surface area contributed by atoms with E-state index in [1.165, 1.54) is 26.0 Å². The topological polar surface area (TPSA) is 126 Å². The van der Waals surface area contributed by atoms with Gasteiger partial charge in [-0.1, -0.05) is 36.4 Å². The molecule has 0 spiro atoms. The van der Waals surface area contributed by atoms with Crippen molar-refractivity contribution in [2.24, 2.45) is 5.73 Å². The zero-order valence-corrected chi connectivity index (χ0v) is 19.6. The van der Waals surface area contributed by atoms with E-state index >= 15 is 0 Å². The maximum absolute atomic E-state index is 13.1. The summed E-state index contributed by atoms with van der Waals surface area (Å²) in [5, 5.41) is 10.1. The number of esters is 2. The van der Waals surface area contributed by atoms with Crippen LogP contribution >= 0.6 is 0 Å². The Bertz CT molecular complexity index is 1320. The first kappa shape index (κ1) is 23.6. The lowest BCUT2D eigenvalue weighted by Crippen LogP contribution is -2.40. The van der Waals surface area contributed by atoms with Crippen LogP contribution in [0.3, 0.4) is 0 Å². The molecule has 2 N–H and O–H groups in total. The van der Waals surface area contributed by atoms with Crippen LogP contribution in [0.4, 0.5) is 11.4 Å². The monoisotopic (exact) mass is 472 g/mol. The zero-order chi connectivity index (χ0) is 25.3. The van der Waals surface area contributed by atoms with Crippen LogP contribution in [-0.2, 0) is 30.3 Å². The van der Waals surface area contributed by atoms with Crippen molar-refractivity contribution in [3.05, 3.63) is 82.3 Å². The average Bonchev–Trinajstić information content (AvgIpc) is 3.31. The number of rotatable bonds is 4. The van der Waals surface area contributed by atoms with Gasteiger partial charge in [-0.25, -0.2) is 9.59 Å². The molecule has 0 saturated heterocycles. The van der Waals surface area contributed by atoms with Crippen LogP contribution in [0.2, 0.25) is 0 Å². The van der Waals surface area contributed by atoms with E-state index in [0.717, 1.165) is 5.56 Å². The Labute approximate surface area is 202 Å². The van der Waals surface area contributed by atoms with Gasteiger partial charge in [0.25, 0.3) is 0 Å². The molecule has 1 unspecified atom stereocenters. The average molecular weight is 473 g/mol. The summed E-state index contributed by atoms with van der Waals surface area (Å²) in [5.41, 5.74) is 9.00.